The number of alkyl halides is 2. The monoisotopic (exact) mass is 419 g/mol. The van der Waals surface area contributed by atoms with E-state index < -0.39 is 34.1 Å². The number of rotatable bonds is 4. The number of nitro groups is 1. The maximum absolute atomic E-state index is 14.9. The summed E-state index contributed by atoms with van der Waals surface area (Å²) in [4.78, 5) is 22.2. The van der Waals surface area contributed by atoms with Crippen molar-refractivity contribution in [2.24, 2.45) is 5.92 Å². The van der Waals surface area contributed by atoms with E-state index >= 15 is 0 Å². The molecule has 2 aromatic rings. The van der Waals surface area contributed by atoms with Gasteiger partial charge in [-0.2, -0.15) is 4.68 Å². The van der Waals surface area contributed by atoms with Crippen molar-refractivity contribution in [3.05, 3.63) is 51.5 Å². The summed E-state index contributed by atoms with van der Waals surface area (Å²) >= 11 is 0. The number of carbonyl (C=O) groups excluding carboxylic acids is 1. The van der Waals surface area contributed by atoms with Crippen molar-refractivity contribution < 1.29 is 22.9 Å². The van der Waals surface area contributed by atoms with Crippen LogP contribution in [0.4, 0.5) is 29.5 Å². The van der Waals surface area contributed by atoms with Crippen molar-refractivity contribution in [1.29, 1.82) is 0 Å². The standard InChI is InChI=1S/C19H16F3N5O3/c1-18(21,22)19(6-4-11-2-3-11)13-9-14(20)12(8-15(13)23-17(28)24-19)10-26-7-5-16(25-26)27(29)30/h5,7-9,11H,2-3,10H2,1H3,(H2,23,24,28)/t19-/m0/s1. The summed E-state index contributed by atoms with van der Waals surface area (Å²) in [6, 6.07) is 2.39. The molecule has 156 valence electrons. The molecular weight excluding hydrogens is 403 g/mol. The number of hydrogen-bond donors (Lipinski definition) is 2. The average molecular weight is 419 g/mol. The van der Waals surface area contributed by atoms with Gasteiger partial charge in [-0.3, -0.25) is 0 Å². The Morgan fingerprint density at radius 1 is 1.43 bits per heavy atom. The van der Waals surface area contributed by atoms with Crippen molar-refractivity contribution in [3.63, 3.8) is 0 Å². The normalized spacial score (nSPS) is 20.5. The zero-order valence-electron chi connectivity index (χ0n) is 15.7. The summed E-state index contributed by atoms with van der Waals surface area (Å²) in [5, 5.41) is 19.1. The number of halogens is 3. The van der Waals surface area contributed by atoms with Crippen LogP contribution in [0.25, 0.3) is 0 Å². The first-order valence-corrected chi connectivity index (χ1v) is 9.09. The molecule has 1 fully saturated rings. The number of anilines is 1. The zero-order chi connectivity index (χ0) is 21.7. The Kier molecular flexibility index (Phi) is 4.45. The Morgan fingerprint density at radius 3 is 2.77 bits per heavy atom. The molecule has 1 aromatic heterocycles. The fourth-order valence-corrected chi connectivity index (χ4v) is 3.25. The third-order valence-corrected chi connectivity index (χ3v) is 4.99. The number of amides is 2. The lowest BCUT2D eigenvalue weighted by atomic mass is 9.81. The first-order valence-electron chi connectivity index (χ1n) is 9.09. The number of benzene rings is 1. The average Bonchev–Trinajstić information content (AvgIpc) is 3.36. The molecule has 0 radical (unpaired) electrons. The van der Waals surface area contributed by atoms with Gasteiger partial charge in [0.05, 0.1) is 23.9 Å². The molecule has 4 rings (SSSR count). The molecule has 1 aliphatic carbocycles. The molecule has 0 bridgehead atoms. The molecule has 2 heterocycles. The van der Waals surface area contributed by atoms with Crippen LogP contribution < -0.4 is 10.6 Å². The van der Waals surface area contributed by atoms with Crippen LogP contribution in [0.1, 0.15) is 30.9 Å². The van der Waals surface area contributed by atoms with Crippen molar-refractivity contribution in [1.82, 2.24) is 15.1 Å². The van der Waals surface area contributed by atoms with E-state index in [0.717, 1.165) is 29.7 Å². The van der Waals surface area contributed by atoms with Gasteiger partial charge >= 0.3 is 11.8 Å². The molecule has 0 saturated heterocycles. The Morgan fingerprint density at radius 2 is 2.17 bits per heavy atom. The maximum Gasteiger partial charge on any atom is 0.389 e. The molecule has 2 aliphatic rings. The van der Waals surface area contributed by atoms with Crippen LogP contribution in [-0.4, -0.2) is 26.7 Å². The van der Waals surface area contributed by atoms with Gasteiger partial charge in [0.25, 0.3) is 5.92 Å². The highest BCUT2D eigenvalue weighted by atomic mass is 19.3. The summed E-state index contributed by atoms with van der Waals surface area (Å²) in [6.07, 6.45) is 2.88. The SMILES string of the molecule is CC(F)(F)[C@@]1(C#CC2CC2)NC(=O)Nc2cc(Cn3ccc([N+](=O)[O-])n3)c(F)cc21. The van der Waals surface area contributed by atoms with Gasteiger partial charge < -0.3 is 20.7 Å². The molecule has 1 aliphatic heterocycles. The summed E-state index contributed by atoms with van der Waals surface area (Å²) in [5.74, 6) is 0.499. The minimum Gasteiger partial charge on any atom is -0.358 e. The highest BCUT2D eigenvalue weighted by molar-refractivity contribution is 5.95. The second kappa shape index (κ2) is 6.76. The summed E-state index contributed by atoms with van der Waals surface area (Å²) in [6.45, 7) is 0.429. The van der Waals surface area contributed by atoms with Crippen LogP contribution >= 0.6 is 0 Å². The molecule has 1 saturated carbocycles. The highest BCUT2D eigenvalue weighted by Gasteiger charge is 2.55. The minimum atomic E-state index is -3.50. The van der Waals surface area contributed by atoms with Crippen LogP contribution in [-0.2, 0) is 12.1 Å². The minimum absolute atomic E-state index is 0.0107. The molecule has 2 N–H and O–H groups in total. The van der Waals surface area contributed by atoms with Crippen molar-refractivity contribution >= 4 is 17.5 Å². The Hall–Kier alpha value is -3.55. The lowest BCUT2D eigenvalue weighted by molar-refractivity contribution is -0.389. The second-order valence-electron chi connectivity index (χ2n) is 7.38. The van der Waals surface area contributed by atoms with Crippen molar-refractivity contribution in [2.45, 2.75) is 37.8 Å². The van der Waals surface area contributed by atoms with Gasteiger partial charge in [0.2, 0.25) is 0 Å². The lowest BCUT2D eigenvalue weighted by Gasteiger charge is -2.40. The Labute approximate surface area is 168 Å². The second-order valence-corrected chi connectivity index (χ2v) is 7.38. The third-order valence-electron chi connectivity index (χ3n) is 4.99. The largest absolute Gasteiger partial charge is 0.389 e. The number of nitrogens with zero attached hydrogens (tertiary/aromatic N) is 3. The van der Waals surface area contributed by atoms with Gasteiger partial charge in [0, 0.05) is 29.7 Å². The first-order chi connectivity index (χ1) is 14.1. The maximum atomic E-state index is 14.9. The zero-order valence-corrected chi connectivity index (χ0v) is 15.7. The van der Waals surface area contributed by atoms with Crippen LogP contribution in [0, 0.1) is 33.7 Å². The van der Waals surface area contributed by atoms with Crippen LogP contribution in [0.15, 0.2) is 24.4 Å². The first kappa shape index (κ1) is 19.8. The van der Waals surface area contributed by atoms with Crippen LogP contribution in [0.3, 0.4) is 0 Å². The van der Waals surface area contributed by atoms with Crippen molar-refractivity contribution in [3.8, 4) is 11.8 Å². The third kappa shape index (κ3) is 3.45. The van der Waals surface area contributed by atoms with Gasteiger partial charge in [-0.25, -0.2) is 18.0 Å². The van der Waals surface area contributed by atoms with Crippen LogP contribution in [0.2, 0.25) is 0 Å². The fraction of sp³-hybridized carbons (Fsp3) is 0.368. The summed E-state index contributed by atoms with van der Waals surface area (Å²) < 4.78 is 45.4. The predicted octanol–water partition coefficient (Wildman–Crippen LogP) is 3.38. The molecule has 0 unspecified atom stereocenters. The van der Waals surface area contributed by atoms with Gasteiger partial charge in [-0.15, -0.1) is 0 Å². The molecular formula is C19H16F3N5O3. The topological polar surface area (TPSA) is 102 Å². The lowest BCUT2D eigenvalue weighted by Crippen LogP contribution is -2.59. The van der Waals surface area contributed by atoms with E-state index in [1.165, 1.54) is 12.3 Å². The molecule has 1 atom stereocenters. The van der Waals surface area contributed by atoms with E-state index in [9.17, 15) is 28.1 Å². The van der Waals surface area contributed by atoms with Crippen LogP contribution in [0.5, 0.6) is 0 Å². The number of hydrogen-bond acceptors (Lipinski definition) is 4. The molecule has 8 nitrogen and oxygen atoms in total. The van der Waals surface area contributed by atoms with Gasteiger partial charge in [-0.1, -0.05) is 11.8 Å². The van der Waals surface area contributed by atoms with Gasteiger partial charge in [0.1, 0.15) is 5.82 Å². The van der Waals surface area contributed by atoms with Crippen molar-refractivity contribution in [2.75, 3.05) is 5.32 Å². The van der Waals surface area contributed by atoms with Gasteiger partial charge in [0.15, 0.2) is 5.54 Å². The highest BCUT2D eigenvalue weighted by Crippen LogP contribution is 2.44. The number of urea groups is 1. The number of fused-ring (bicyclic) bond motifs is 1. The smallest absolute Gasteiger partial charge is 0.358 e. The predicted molar refractivity (Wildman–Crippen MR) is 99.3 cm³/mol. The quantitative estimate of drug-likeness (QED) is 0.451. The molecule has 30 heavy (non-hydrogen) atoms. The van der Waals surface area contributed by atoms with E-state index in [4.69, 9.17) is 0 Å². The number of carbonyl (C=O) groups is 1. The van der Waals surface area contributed by atoms with E-state index in [2.05, 4.69) is 27.6 Å². The summed E-state index contributed by atoms with van der Waals surface area (Å²) in [5.41, 5.74) is -2.56. The number of nitrogens with one attached hydrogen (secondary N) is 2. The van der Waals surface area contributed by atoms with E-state index in [0.29, 0.717) is 6.92 Å². The molecule has 2 amide bonds. The van der Waals surface area contributed by atoms with E-state index in [-0.39, 0.29) is 29.3 Å². The fourth-order valence-electron chi connectivity index (χ4n) is 3.25. The van der Waals surface area contributed by atoms with E-state index in [1.807, 2.05) is 0 Å². The van der Waals surface area contributed by atoms with E-state index in [1.54, 1.807) is 0 Å². The Bertz CT molecular complexity index is 1110. The number of aromatic nitrogens is 2. The molecule has 1 aromatic carbocycles. The Balaban J connectivity index is 1.78. The summed E-state index contributed by atoms with van der Waals surface area (Å²) in [7, 11) is 0. The van der Waals surface area contributed by atoms with Gasteiger partial charge in [-0.05, 0) is 29.9 Å². The molecule has 11 heteroatoms. The molecule has 0 spiro atoms.